The predicted molar refractivity (Wildman–Crippen MR) is 108 cm³/mol. The third kappa shape index (κ3) is 6.42. The van der Waals surface area contributed by atoms with Crippen LogP contribution in [0.15, 0.2) is 34.8 Å². The number of aliphatic imine (C=N–C) groups is 1. The van der Waals surface area contributed by atoms with E-state index in [-0.39, 0.29) is 29.4 Å². The van der Waals surface area contributed by atoms with E-state index in [2.05, 4.69) is 51.7 Å². The van der Waals surface area contributed by atoms with Gasteiger partial charge < -0.3 is 10.6 Å². The zero-order valence-electron chi connectivity index (χ0n) is 14.0. The Morgan fingerprint density at radius 2 is 1.96 bits per heavy atom. The first-order valence-electron chi connectivity index (χ1n) is 7.28. The van der Waals surface area contributed by atoms with E-state index in [0.717, 1.165) is 22.4 Å². The zero-order valence-corrected chi connectivity index (χ0v) is 17.1. The van der Waals surface area contributed by atoms with Gasteiger partial charge in [-0.1, -0.05) is 26.8 Å². The van der Waals surface area contributed by atoms with Crippen molar-refractivity contribution in [2.45, 2.75) is 39.3 Å². The molecule has 0 spiro atoms. The van der Waals surface area contributed by atoms with Crippen molar-refractivity contribution in [2.24, 2.45) is 4.99 Å². The van der Waals surface area contributed by atoms with Crippen LogP contribution in [0.1, 0.15) is 37.2 Å². The number of halogens is 1. The van der Waals surface area contributed by atoms with Crippen molar-refractivity contribution in [3.8, 4) is 0 Å². The first kappa shape index (κ1) is 19.8. The maximum Gasteiger partial charge on any atom is 0.191 e. The average Bonchev–Trinajstić information content (AvgIpc) is 2.97. The SMILES string of the molecule is CN=C(NCc1ccccn1)NCc1nc(C(C)(C)C)cs1.I. The van der Waals surface area contributed by atoms with Crippen LogP contribution in [-0.4, -0.2) is 23.0 Å². The number of thiazole rings is 1. The molecule has 0 saturated heterocycles. The lowest BCUT2D eigenvalue weighted by atomic mass is 9.93. The van der Waals surface area contributed by atoms with Crippen LogP contribution in [0, 0.1) is 0 Å². The molecule has 2 aromatic rings. The highest BCUT2D eigenvalue weighted by molar-refractivity contribution is 14.0. The molecule has 2 N–H and O–H groups in total. The summed E-state index contributed by atoms with van der Waals surface area (Å²) in [5.41, 5.74) is 2.20. The summed E-state index contributed by atoms with van der Waals surface area (Å²) in [6, 6.07) is 5.87. The molecule has 0 radical (unpaired) electrons. The number of aromatic nitrogens is 2. The molecule has 0 bridgehead atoms. The van der Waals surface area contributed by atoms with Crippen LogP contribution in [0.4, 0.5) is 0 Å². The Labute approximate surface area is 159 Å². The van der Waals surface area contributed by atoms with E-state index in [1.807, 2.05) is 18.2 Å². The molecule has 0 aliphatic carbocycles. The first-order valence-corrected chi connectivity index (χ1v) is 8.16. The molecule has 126 valence electrons. The molecule has 0 saturated carbocycles. The van der Waals surface area contributed by atoms with Crippen molar-refractivity contribution in [3.05, 3.63) is 46.2 Å². The minimum Gasteiger partial charge on any atom is -0.351 e. The van der Waals surface area contributed by atoms with Gasteiger partial charge in [-0.2, -0.15) is 0 Å². The Morgan fingerprint density at radius 1 is 1.22 bits per heavy atom. The second kappa shape index (κ2) is 9.17. The van der Waals surface area contributed by atoms with Crippen LogP contribution in [-0.2, 0) is 18.5 Å². The van der Waals surface area contributed by atoms with E-state index in [1.165, 1.54) is 0 Å². The summed E-state index contributed by atoms with van der Waals surface area (Å²) in [6.45, 7) is 7.83. The van der Waals surface area contributed by atoms with Crippen LogP contribution in [0.2, 0.25) is 0 Å². The normalized spacial score (nSPS) is 11.7. The summed E-state index contributed by atoms with van der Waals surface area (Å²) >= 11 is 1.67. The Bertz CT molecular complexity index is 619. The van der Waals surface area contributed by atoms with Crippen LogP contribution in [0.5, 0.6) is 0 Å². The number of guanidine groups is 1. The van der Waals surface area contributed by atoms with Gasteiger partial charge in [0.1, 0.15) is 5.01 Å². The minimum atomic E-state index is 0. The zero-order chi connectivity index (χ0) is 16.0. The van der Waals surface area contributed by atoms with Crippen LogP contribution >= 0.6 is 35.3 Å². The lowest BCUT2D eigenvalue weighted by molar-refractivity contribution is 0.570. The maximum atomic E-state index is 4.67. The smallest absolute Gasteiger partial charge is 0.191 e. The van der Waals surface area contributed by atoms with Gasteiger partial charge in [-0.05, 0) is 12.1 Å². The summed E-state index contributed by atoms with van der Waals surface area (Å²) in [5, 5.41) is 9.71. The number of hydrogen-bond acceptors (Lipinski definition) is 4. The van der Waals surface area contributed by atoms with Gasteiger partial charge >= 0.3 is 0 Å². The van der Waals surface area contributed by atoms with Gasteiger partial charge in [-0.15, -0.1) is 35.3 Å². The summed E-state index contributed by atoms with van der Waals surface area (Å²) in [5.74, 6) is 0.748. The maximum absolute atomic E-state index is 4.67. The van der Waals surface area contributed by atoms with Crippen LogP contribution in [0.3, 0.4) is 0 Å². The summed E-state index contributed by atoms with van der Waals surface area (Å²) in [4.78, 5) is 13.2. The number of nitrogens with zero attached hydrogens (tertiary/aromatic N) is 3. The van der Waals surface area contributed by atoms with E-state index in [1.54, 1.807) is 24.6 Å². The van der Waals surface area contributed by atoms with E-state index < -0.39 is 0 Å². The van der Waals surface area contributed by atoms with Crippen molar-refractivity contribution in [1.82, 2.24) is 20.6 Å². The third-order valence-electron chi connectivity index (χ3n) is 3.11. The van der Waals surface area contributed by atoms with Crippen molar-refractivity contribution in [3.63, 3.8) is 0 Å². The summed E-state index contributed by atoms with van der Waals surface area (Å²) in [7, 11) is 1.76. The predicted octanol–water partition coefficient (Wildman–Crippen LogP) is 3.32. The molecule has 2 rings (SSSR count). The number of hydrogen-bond donors (Lipinski definition) is 2. The molecular weight excluding hydrogens is 421 g/mol. The monoisotopic (exact) mass is 445 g/mol. The Hall–Kier alpha value is -1.22. The largest absolute Gasteiger partial charge is 0.351 e. The fourth-order valence-corrected chi connectivity index (χ4v) is 2.75. The van der Waals surface area contributed by atoms with Gasteiger partial charge in [0.05, 0.1) is 24.5 Å². The Balaban J connectivity index is 0.00000264. The van der Waals surface area contributed by atoms with E-state index in [4.69, 9.17) is 0 Å². The lowest BCUT2D eigenvalue weighted by Crippen LogP contribution is -2.36. The van der Waals surface area contributed by atoms with E-state index in [9.17, 15) is 0 Å². The molecule has 0 amide bonds. The third-order valence-corrected chi connectivity index (χ3v) is 3.96. The topological polar surface area (TPSA) is 62.2 Å². The van der Waals surface area contributed by atoms with Crippen molar-refractivity contribution >= 4 is 41.3 Å². The molecule has 23 heavy (non-hydrogen) atoms. The van der Waals surface area contributed by atoms with Gasteiger partial charge in [0.2, 0.25) is 0 Å². The molecular formula is C16H24IN5S. The molecule has 0 aliphatic rings. The van der Waals surface area contributed by atoms with Gasteiger partial charge in [0.15, 0.2) is 5.96 Å². The van der Waals surface area contributed by atoms with E-state index >= 15 is 0 Å². The number of nitrogens with one attached hydrogen (secondary N) is 2. The van der Waals surface area contributed by atoms with Gasteiger partial charge in [0.25, 0.3) is 0 Å². The second-order valence-electron chi connectivity index (χ2n) is 5.98. The van der Waals surface area contributed by atoms with Crippen molar-refractivity contribution in [1.29, 1.82) is 0 Å². The highest BCUT2D eigenvalue weighted by Crippen LogP contribution is 2.23. The molecule has 7 heteroatoms. The second-order valence-corrected chi connectivity index (χ2v) is 6.92. The van der Waals surface area contributed by atoms with Gasteiger partial charge in [0, 0.05) is 24.0 Å². The summed E-state index contributed by atoms with van der Waals surface area (Å²) in [6.07, 6.45) is 1.79. The quantitative estimate of drug-likeness (QED) is 0.431. The number of rotatable bonds is 4. The van der Waals surface area contributed by atoms with Crippen molar-refractivity contribution < 1.29 is 0 Å². The van der Waals surface area contributed by atoms with Crippen molar-refractivity contribution in [2.75, 3.05) is 7.05 Å². The molecule has 0 atom stereocenters. The molecule has 0 unspecified atom stereocenters. The molecule has 5 nitrogen and oxygen atoms in total. The molecule has 2 heterocycles. The lowest BCUT2D eigenvalue weighted by Gasteiger charge is -2.14. The average molecular weight is 445 g/mol. The Morgan fingerprint density at radius 3 is 2.52 bits per heavy atom. The minimum absolute atomic E-state index is 0. The highest BCUT2D eigenvalue weighted by Gasteiger charge is 2.17. The van der Waals surface area contributed by atoms with Gasteiger partial charge in [-0.3, -0.25) is 9.98 Å². The first-order chi connectivity index (χ1) is 10.5. The van der Waals surface area contributed by atoms with Crippen LogP contribution < -0.4 is 10.6 Å². The standard InChI is InChI=1S/C16H23N5S.HI/c1-16(2,3)13-11-22-14(21-13)10-20-15(17-4)19-9-12-7-5-6-8-18-12;/h5-8,11H,9-10H2,1-4H3,(H2,17,19,20);1H. The number of pyridine rings is 1. The molecule has 0 aromatic carbocycles. The Kier molecular flexibility index (Phi) is 7.90. The molecule has 0 fully saturated rings. The summed E-state index contributed by atoms with van der Waals surface area (Å²) < 4.78 is 0. The fraction of sp³-hybridized carbons (Fsp3) is 0.438. The van der Waals surface area contributed by atoms with Crippen LogP contribution in [0.25, 0.3) is 0 Å². The highest BCUT2D eigenvalue weighted by atomic mass is 127. The molecule has 0 aliphatic heterocycles. The van der Waals surface area contributed by atoms with Gasteiger partial charge in [-0.25, -0.2) is 4.98 Å². The molecule has 2 aromatic heterocycles. The fourth-order valence-electron chi connectivity index (χ4n) is 1.79. The van der Waals surface area contributed by atoms with E-state index in [0.29, 0.717) is 13.1 Å².